The highest BCUT2D eigenvalue weighted by Crippen LogP contribution is 2.37. The molecule has 0 nitrogen and oxygen atoms in total. The van der Waals surface area contributed by atoms with E-state index in [9.17, 15) is 0 Å². The molecule has 0 fully saturated rings. The van der Waals surface area contributed by atoms with E-state index in [1.807, 2.05) is 12.1 Å². The minimum absolute atomic E-state index is 1.10. The Morgan fingerprint density at radius 2 is 0.850 bits per heavy atom. The number of hydrogen-bond acceptors (Lipinski definition) is 0. The lowest BCUT2D eigenvalue weighted by atomic mass is 10.0. The molecule has 0 aromatic heterocycles. The fraction of sp³-hybridized carbons (Fsp3) is 0. The molecule has 0 radical (unpaired) electrons. The summed E-state index contributed by atoms with van der Waals surface area (Å²) in [6.07, 6.45) is 0. The van der Waals surface area contributed by atoms with Crippen LogP contribution in [0.25, 0.3) is 22.3 Å². The lowest BCUT2D eigenvalue weighted by Crippen LogP contribution is -1.85. The highest BCUT2D eigenvalue weighted by molar-refractivity contribution is 9.11. The van der Waals surface area contributed by atoms with Crippen LogP contribution in [0.15, 0.2) is 81.7 Å². The van der Waals surface area contributed by atoms with E-state index in [1.165, 1.54) is 22.3 Å². The van der Waals surface area contributed by atoms with Crippen LogP contribution >= 0.6 is 31.9 Å². The second-order valence-corrected chi connectivity index (χ2v) is 6.25. The molecule has 0 aliphatic heterocycles. The van der Waals surface area contributed by atoms with Crippen molar-refractivity contribution >= 4 is 31.9 Å². The summed E-state index contributed by atoms with van der Waals surface area (Å²) in [4.78, 5) is 0. The van der Waals surface area contributed by atoms with E-state index in [0.29, 0.717) is 0 Å². The van der Waals surface area contributed by atoms with Gasteiger partial charge in [-0.1, -0.05) is 92.5 Å². The zero-order valence-electron chi connectivity index (χ0n) is 10.7. The van der Waals surface area contributed by atoms with Crippen molar-refractivity contribution in [2.75, 3.05) is 0 Å². The molecular formula is C18H12Br2. The van der Waals surface area contributed by atoms with E-state index in [-0.39, 0.29) is 0 Å². The zero-order valence-corrected chi connectivity index (χ0v) is 13.9. The van der Waals surface area contributed by atoms with Crippen molar-refractivity contribution < 1.29 is 0 Å². The molecule has 0 aliphatic carbocycles. The first-order chi connectivity index (χ1) is 9.75. The van der Waals surface area contributed by atoms with Gasteiger partial charge in [0.05, 0.1) is 0 Å². The Balaban J connectivity index is 2.13. The van der Waals surface area contributed by atoms with E-state index < -0.39 is 0 Å². The lowest BCUT2D eigenvalue weighted by molar-refractivity contribution is 1.53. The fourth-order valence-electron chi connectivity index (χ4n) is 2.22. The highest BCUT2D eigenvalue weighted by Gasteiger charge is 2.09. The normalized spacial score (nSPS) is 10.5. The molecule has 0 amide bonds. The Morgan fingerprint density at radius 1 is 0.500 bits per heavy atom. The van der Waals surface area contributed by atoms with E-state index in [4.69, 9.17) is 0 Å². The van der Waals surface area contributed by atoms with Crippen molar-refractivity contribution in [3.8, 4) is 22.3 Å². The molecule has 98 valence electrons. The van der Waals surface area contributed by atoms with Crippen LogP contribution in [0, 0.1) is 0 Å². The van der Waals surface area contributed by atoms with Gasteiger partial charge < -0.3 is 0 Å². The van der Waals surface area contributed by atoms with Crippen LogP contribution in [0.4, 0.5) is 0 Å². The zero-order chi connectivity index (χ0) is 13.9. The summed E-state index contributed by atoms with van der Waals surface area (Å²) >= 11 is 7.39. The fourth-order valence-corrected chi connectivity index (χ4v) is 3.37. The van der Waals surface area contributed by atoms with E-state index in [1.54, 1.807) is 0 Å². The van der Waals surface area contributed by atoms with Crippen molar-refractivity contribution in [2.24, 2.45) is 0 Å². The van der Waals surface area contributed by atoms with Crippen LogP contribution in [0.3, 0.4) is 0 Å². The van der Waals surface area contributed by atoms with Crippen LogP contribution in [0.5, 0.6) is 0 Å². The molecule has 2 heteroatoms. The smallest absolute Gasteiger partial charge is 0.0260 e. The van der Waals surface area contributed by atoms with Crippen molar-refractivity contribution in [2.45, 2.75) is 0 Å². The van der Waals surface area contributed by atoms with Crippen LogP contribution in [-0.4, -0.2) is 0 Å². The minimum atomic E-state index is 1.10. The summed E-state index contributed by atoms with van der Waals surface area (Å²) in [7, 11) is 0. The lowest BCUT2D eigenvalue weighted by Gasteiger charge is -2.11. The Labute approximate surface area is 135 Å². The van der Waals surface area contributed by atoms with Gasteiger partial charge in [0.15, 0.2) is 0 Å². The SMILES string of the molecule is Brc1cc(-c2ccccc2)c(Br)cc1-c1ccccc1. The topological polar surface area (TPSA) is 0 Å². The predicted octanol–water partition coefficient (Wildman–Crippen LogP) is 6.55. The van der Waals surface area contributed by atoms with E-state index in [0.717, 1.165) is 8.95 Å². The molecule has 0 spiro atoms. The standard InChI is InChI=1S/C18H12Br2/c19-17-12-16(14-9-5-2-6-10-14)18(20)11-15(17)13-7-3-1-4-8-13/h1-12H. The molecule has 20 heavy (non-hydrogen) atoms. The van der Waals surface area contributed by atoms with Crippen molar-refractivity contribution in [1.82, 2.24) is 0 Å². The average molecular weight is 388 g/mol. The first-order valence-corrected chi connectivity index (χ1v) is 7.94. The number of benzene rings is 3. The van der Waals surface area contributed by atoms with Gasteiger partial charge in [-0.05, 0) is 34.4 Å². The summed E-state index contributed by atoms with van der Waals surface area (Å²) in [5.74, 6) is 0. The summed E-state index contributed by atoms with van der Waals surface area (Å²) in [5, 5.41) is 0. The average Bonchev–Trinajstić information content (AvgIpc) is 2.51. The molecule has 3 aromatic carbocycles. The van der Waals surface area contributed by atoms with Gasteiger partial charge in [-0.3, -0.25) is 0 Å². The van der Waals surface area contributed by atoms with Gasteiger partial charge in [0.25, 0.3) is 0 Å². The van der Waals surface area contributed by atoms with Gasteiger partial charge in [-0.2, -0.15) is 0 Å². The Bertz CT molecular complexity index is 654. The Hall–Kier alpha value is -1.38. The highest BCUT2D eigenvalue weighted by atomic mass is 79.9. The van der Waals surface area contributed by atoms with Gasteiger partial charge >= 0.3 is 0 Å². The molecule has 0 bridgehead atoms. The van der Waals surface area contributed by atoms with Crippen LogP contribution in [0.1, 0.15) is 0 Å². The molecule has 0 saturated carbocycles. The Morgan fingerprint density at radius 3 is 1.20 bits per heavy atom. The molecule has 3 rings (SSSR count). The van der Waals surface area contributed by atoms with Crippen molar-refractivity contribution in [3.63, 3.8) is 0 Å². The first kappa shape index (κ1) is 13.6. The third-order valence-electron chi connectivity index (χ3n) is 3.23. The van der Waals surface area contributed by atoms with Crippen LogP contribution < -0.4 is 0 Å². The molecule has 3 aromatic rings. The molecule has 0 N–H and O–H groups in total. The molecule has 0 aliphatic rings. The largest absolute Gasteiger partial charge is 0.0622 e. The maximum Gasteiger partial charge on any atom is 0.0260 e. The van der Waals surface area contributed by atoms with E-state index in [2.05, 4.69) is 92.5 Å². The third kappa shape index (κ3) is 2.72. The van der Waals surface area contributed by atoms with Crippen LogP contribution in [-0.2, 0) is 0 Å². The van der Waals surface area contributed by atoms with Gasteiger partial charge in [0.1, 0.15) is 0 Å². The number of hydrogen-bond donors (Lipinski definition) is 0. The molecule has 0 unspecified atom stereocenters. The summed E-state index contributed by atoms with van der Waals surface area (Å²) in [6.45, 7) is 0. The van der Waals surface area contributed by atoms with Crippen molar-refractivity contribution in [3.05, 3.63) is 81.7 Å². The number of halogens is 2. The number of rotatable bonds is 2. The molecule has 0 saturated heterocycles. The third-order valence-corrected chi connectivity index (χ3v) is 4.54. The predicted molar refractivity (Wildman–Crippen MR) is 92.7 cm³/mol. The summed E-state index contributed by atoms with van der Waals surface area (Å²) in [5.41, 5.74) is 4.80. The van der Waals surface area contributed by atoms with Gasteiger partial charge in [-0.25, -0.2) is 0 Å². The van der Waals surface area contributed by atoms with E-state index >= 15 is 0 Å². The minimum Gasteiger partial charge on any atom is -0.0622 e. The quantitative estimate of drug-likeness (QED) is 0.467. The second-order valence-electron chi connectivity index (χ2n) is 4.54. The summed E-state index contributed by atoms with van der Waals surface area (Å²) in [6, 6.07) is 25.1. The molecule has 0 atom stereocenters. The van der Waals surface area contributed by atoms with Crippen molar-refractivity contribution in [1.29, 1.82) is 0 Å². The van der Waals surface area contributed by atoms with Gasteiger partial charge in [0, 0.05) is 8.95 Å². The molecular weight excluding hydrogens is 376 g/mol. The van der Waals surface area contributed by atoms with Gasteiger partial charge in [-0.15, -0.1) is 0 Å². The van der Waals surface area contributed by atoms with Gasteiger partial charge in [0.2, 0.25) is 0 Å². The molecule has 0 heterocycles. The van der Waals surface area contributed by atoms with Crippen LogP contribution in [0.2, 0.25) is 0 Å². The maximum absolute atomic E-state index is 3.69. The Kier molecular flexibility index (Phi) is 4.04. The second kappa shape index (κ2) is 5.94. The maximum atomic E-state index is 3.69. The summed E-state index contributed by atoms with van der Waals surface area (Å²) < 4.78 is 2.21. The first-order valence-electron chi connectivity index (χ1n) is 6.35. The monoisotopic (exact) mass is 386 g/mol.